The van der Waals surface area contributed by atoms with Crippen LogP contribution in [0.3, 0.4) is 0 Å². The minimum Gasteiger partial charge on any atom is -0.497 e. The summed E-state index contributed by atoms with van der Waals surface area (Å²) in [6, 6.07) is 14.5. The van der Waals surface area contributed by atoms with Gasteiger partial charge in [0.15, 0.2) is 5.96 Å². The number of likely N-dealkylation sites (tertiary alicyclic amines) is 1. The number of piperidine rings is 1. The number of halogens is 2. The quantitative estimate of drug-likeness (QED) is 0.263. The Morgan fingerprint density at radius 1 is 1.22 bits per heavy atom. The van der Waals surface area contributed by atoms with Crippen molar-refractivity contribution in [1.29, 1.82) is 0 Å². The lowest BCUT2D eigenvalue weighted by molar-refractivity contribution is 0.186. The highest BCUT2D eigenvalue weighted by molar-refractivity contribution is 14.0. The second-order valence-corrected chi connectivity index (χ2v) is 7.83. The van der Waals surface area contributed by atoms with Crippen molar-refractivity contribution in [1.82, 2.24) is 15.5 Å². The summed E-state index contributed by atoms with van der Waals surface area (Å²) >= 11 is 0. The van der Waals surface area contributed by atoms with Crippen molar-refractivity contribution in [3.05, 3.63) is 65.5 Å². The van der Waals surface area contributed by atoms with Crippen molar-refractivity contribution < 1.29 is 14.2 Å². The fourth-order valence-electron chi connectivity index (χ4n) is 3.73. The standard InChI is InChI=1S/C24H33FN4O2.HI/c1-3-26-24(27-16-23(30)19-5-4-6-22(15-19)31-2)28-21-11-13-29(14-12-21)17-18-7-9-20(25)10-8-18;/h4-10,15,21,23,30H,3,11-14,16-17H2,1-2H3,(H2,26,27,28);1H. The first-order valence-corrected chi connectivity index (χ1v) is 10.9. The van der Waals surface area contributed by atoms with Crippen molar-refractivity contribution in [2.24, 2.45) is 4.99 Å². The van der Waals surface area contributed by atoms with Gasteiger partial charge >= 0.3 is 0 Å². The number of methoxy groups -OCH3 is 1. The van der Waals surface area contributed by atoms with Crippen molar-refractivity contribution in [3.8, 4) is 5.75 Å². The number of ether oxygens (including phenoxy) is 1. The first-order valence-electron chi connectivity index (χ1n) is 10.9. The lowest BCUT2D eigenvalue weighted by Gasteiger charge is -2.33. The van der Waals surface area contributed by atoms with Gasteiger partial charge in [-0.2, -0.15) is 0 Å². The third-order valence-electron chi connectivity index (χ3n) is 5.49. The average molecular weight is 556 g/mol. The van der Waals surface area contributed by atoms with E-state index in [9.17, 15) is 9.50 Å². The van der Waals surface area contributed by atoms with Crippen LogP contribution in [0.25, 0.3) is 0 Å². The molecule has 1 aliphatic heterocycles. The molecule has 1 unspecified atom stereocenters. The number of nitrogens with one attached hydrogen (secondary N) is 2. The van der Waals surface area contributed by atoms with Crippen molar-refractivity contribution in [2.45, 2.75) is 38.5 Å². The van der Waals surface area contributed by atoms with Gasteiger partial charge in [0.2, 0.25) is 0 Å². The molecule has 32 heavy (non-hydrogen) atoms. The molecule has 3 rings (SSSR count). The minimum absolute atomic E-state index is 0. The topological polar surface area (TPSA) is 69.1 Å². The predicted octanol–water partition coefficient (Wildman–Crippen LogP) is 3.71. The van der Waals surface area contributed by atoms with E-state index in [4.69, 9.17) is 4.74 Å². The Bertz CT molecular complexity index is 842. The van der Waals surface area contributed by atoms with Crippen LogP contribution in [0.5, 0.6) is 5.75 Å². The monoisotopic (exact) mass is 556 g/mol. The summed E-state index contributed by atoms with van der Waals surface area (Å²) in [4.78, 5) is 6.98. The van der Waals surface area contributed by atoms with Crippen LogP contribution < -0.4 is 15.4 Å². The van der Waals surface area contributed by atoms with Gasteiger partial charge in [-0.3, -0.25) is 9.89 Å². The summed E-state index contributed by atoms with van der Waals surface area (Å²) in [6.07, 6.45) is 1.32. The van der Waals surface area contributed by atoms with E-state index in [0.717, 1.165) is 61.9 Å². The minimum atomic E-state index is -0.692. The maximum Gasteiger partial charge on any atom is 0.191 e. The summed E-state index contributed by atoms with van der Waals surface area (Å²) in [5.74, 6) is 1.25. The van der Waals surface area contributed by atoms with E-state index < -0.39 is 6.10 Å². The van der Waals surface area contributed by atoms with Gasteiger partial charge in [0.1, 0.15) is 11.6 Å². The summed E-state index contributed by atoms with van der Waals surface area (Å²) in [5, 5.41) is 17.3. The number of nitrogens with zero attached hydrogens (tertiary/aromatic N) is 2. The van der Waals surface area contributed by atoms with Gasteiger partial charge in [-0.1, -0.05) is 24.3 Å². The van der Waals surface area contributed by atoms with Gasteiger partial charge in [-0.15, -0.1) is 24.0 Å². The van der Waals surface area contributed by atoms with E-state index in [1.807, 2.05) is 43.3 Å². The van der Waals surface area contributed by atoms with Gasteiger partial charge in [-0.25, -0.2) is 4.39 Å². The highest BCUT2D eigenvalue weighted by atomic mass is 127. The molecule has 0 amide bonds. The molecule has 6 nitrogen and oxygen atoms in total. The highest BCUT2D eigenvalue weighted by Crippen LogP contribution is 2.19. The van der Waals surface area contributed by atoms with Crippen molar-refractivity contribution in [3.63, 3.8) is 0 Å². The predicted molar refractivity (Wildman–Crippen MR) is 137 cm³/mol. The van der Waals surface area contributed by atoms with Crippen LogP contribution in [-0.2, 0) is 6.54 Å². The lowest BCUT2D eigenvalue weighted by atomic mass is 10.0. The van der Waals surface area contributed by atoms with E-state index in [-0.39, 0.29) is 36.3 Å². The summed E-state index contributed by atoms with van der Waals surface area (Å²) in [7, 11) is 1.61. The first kappa shape index (κ1) is 26.3. The largest absolute Gasteiger partial charge is 0.497 e. The number of benzene rings is 2. The molecule has 1 heterocycles. The van der Waals surface area contributed by atoms with Crippen LogP contribution in [0.1, 0.15) is 37.0 Å². The van der Waals surface area contributed by atoms with Crippen LogP contribution >= 0.6 is 24.0 Å². The molecule has 0 radical (unpaired) electrons. The Kier molecular flexibility index (Phi) is 11.2. The molecule has 1 atom stereocenters. The third kappa shape index (κ3) is 8.22. The molecule has 0 aliphatic carbocycles. The zero-order chi connectivity index (χ0) is 22.1. The number of aliphatic hydroxyl groups excluding tert-OH is 1. The molecule has 1 fully saturated rings. The third-order valence-corrected chi connectivity index (χ3v) is 5.49. The van der Waals surface area contributed by atoms with E-state index in [0.29, 0.717) is 6.04 Å². The number of aliphatic imine (C=N–C) groups is 1. The second-order valence-electron chi connectivity index (χ2n) is 7.83. The maximum atomic E-state index is 13.1. The van der Waals surface area contributed by atoms with Crippen molar-refractivity contribution >= 4 is 29.9 Å². The SMILES string of the molecule is CCNC(=NCC(O)c1cccc(OC)c1)NC1CCN(Cc2ccc(F)cc2)CC1.I. The van der Waals surface area contributed by atoms with Crippen LogP contribution in [-0.4, -0.2) is 55.3 Å². The number of aliphatic hydroxyl groups is 1. The average Bonchev–Trinajstić information content (AvgIpc) is 2.80. The zero-order valence-electron chi connectivity index (χ0n) is 18.8. The maximum absolute atomic E-state index is 13.1. The molecule has 1 saturated heterocycles. The highest BCUT2D eigenvalue weighted by Gasteiger charge is 2.20. The van der Waals surface area contributed by atoms with Crippen molar-refractivity contribution in [2.75, 3.05) is 33.3 Å². The molecule has 2 aromatic carbocycles. The van der Waals surface area contributed by atoms with Gasteiger partial charge in [-0.05, 0) is 55.2 Å². The number of rotatable bonds is 8. The Labute approximate surface area is 207 Å². The molecule has 0 spiro atoms. The van der Waals surface area contributed by atoms with E-state index in [1.165, 1.54) is 12.1 Å². The van der Waals surface area contributed by atoms with Crippen LogP contribution in [0.15, 0.2) is 53.5 Å². The fourth-order valence-corrected chi connectivity index (χ4v) is 3.73. The molecular formula is C24H34FIN4O2. The molecular weight excluding hydrogens is 522 g/mol. The molecule has 8 heteroatoms. The molecule has 1 aliphatic rings. The first-order chi connectivity index (χ1) is 15.1. The summed E-state index contributed by atoms with van der Waals surface area (Å²) in [5.41, 5.74) is 1.92. The number of hydrogen-bond acceptors (Lipinski definition) is 4. The Balaban J connectivity index is 0.00000363. The van der Waals surface area contributed by atoms with Gasteiger partial charge in [0, 0.05) is 32.2 Å². The van der Waals surface area contributed by atoms with E-state index in [1.54, 1.807) is 7.11 Å². The van der Waals surface area contributed by atoms with Crippen LogP contribution in [0.2, 0.25) is 0 Å². The molecule has 0 saturated carbocycles. The second kappa shape index (κ2) is 13.6. The molecule has 3 N–H and O–H groups in total. The van der Waals surface area contributed by atoms with Gasteiger partial charge in [0.05, 0.1) is 19.8 Å². The zero-order valence-corrected chi connectivity index (χ0v) is 21.1. The fraction of sp³-hybridized carbons (Fsp3) is 0.458. The number of guanidine groups is 1. The molecule has 176 valence electrons. The smallest absolute Gasteiger partial charge is 0.191 e. The Hall–Kier alpha value is -1.91. The normalized spacial score (nSPS) is 16.2. The van der Waals surface area contributed by atoms with Crippen LogP contribution in [0, 0.1) is 5.82 Å². The molecule has 2 aromatic rings. The number of hydrogen-bond donors (Lipinski definition) is 3. The molecule has 0 bridgehead atoms. The Morgan fingerprint density at radius 3 is 2.59 bits per heavy atom. The van der Waals surface area contributed by atoms with E-state index >= 15 is 0 Å². The Morgan fingerprint density at radius 2 is 1.94 bits per heavy atom. The summed E-state index contributed by atoms with van der Waals surface area (Å²) in [6.45, 7) is 5.84. The van der Waals surface area contributed by atoms with E-state index in [2.05, 4.69) is 20.5 Å². The summed E-state index contributed by atoms with van der Waals surface area (Å²) < 4.78 is 18.3. The van der Waals surface area contributed by atoms with Gasteiger partial charge in [0.25, 0.3) is 0 Å². The molecule has 0 aromatic heterocycles. The van der Waals surface area contributed by atoms with Gasteiger partial charge < -0.3 is 20.5 Å². The lowest BCUT2D eigenvalue weighted by Crippen LogP contribution is -2.48. The van der Waals surface area contributed by atoms with Crippen LogP contribution in [0.4, 0.5) is 4.39 Å².